The standard InChI is InChI=1S/C34H44N8O4/c1-39-15-17-40(18-16-39)24-9-13-41(14-10-24)32(43)23-7-8-27(30(21-23)45-2)36-33-35-22-28-31(38-33)26-5-3-4-6-29(26)42(34(44)37-28)25-11-19-46-20-12-25/h3-8,21-22,24-25,32,43H,9-20H2,1-2H3,(H,37,44)(H,35,36,38). The number of likely N-dealkylation sites (tertiary alicyclic amines) is 1. The molecule has 0 bridgehead atoms. The lowest BCUT2D eigenvalue weighted by atomic mass is 10.0. The van der Waals surface area contributed by atoms with Gasteiger partial charge in [0.05, 0.1) is 30.4 Å². The van der Waals surface area contributed by atoms with Crippen LogP contribution >= 0.6 is 0 Å². The molecule has 0 radical (unpaired) electrons. The van der Waals surface area contributed by atoms with Gasteiger partial charge in [-0.1, -0.05) is 24.3 Å². The molecule has 12 nitrogen and oxygen atoms in total. The Balaban J connectivity index is 1.07. The average Bonchev–Trinajstić information content (AvgIpc) is 3.22. The number of aliphatic hydroxyl groups excluding tert-OH is 1. The first-order valence-corrected chi connectivity index (χ1v) is 16.4. The number of para-hydroxylation sites is 1. The van der Waals surface area contributed by atoms with Gasteiger partial charge in [-0.3, -0.25) is 14.7 Å². The first kappa shape index (κ1) is 30.8. The van der Waals surface area contributed by atoms with E-state index in [-0.39, 0.29) is 12.1 Å². The zero-order chi connectivity index (χ0) is 31.6. The number of likely N-dealkylation sites (N-methyl/N-ethyl adjacent to an activating group) is 1. The molecule has 5 heterocycles. The maximum absolute atomic E-state index is 13.5. The average molecular weight is 629 g/mol. The summed E-state index contributed by atoms with van der Waals surface area (Å²) < 4.78 is 11.3. The normalized spacial score (nSPS) is 21.2. The Labute approximate surface area is 270 Å². The number of aromatic nitrogens is 2. The highest BCUT2D eigenvalue weighted by Crippen LogP contribution is 2.40. The molecule has 0 saturated carbocycles. The van der Waals surface area contributed by atoms with Crippen LogP contribution in [-0.2, 0) is 4.74 Å². The minimum absolute atomic E-state index is 0.0382. The number of piperidine rings is 1. The monoisotopic (exact) mass is 628 g/mol. The summed E-state index contributed by atoms with van der Waals surface area (Å²) in [6, 6.07) is 14.0. The molecule has 244 valence electrons. The molecule has 2 aromatic carbocycles. The van der Waals surface area contributed by atoms with Gasteiger partial charge in [-0.15, -0.1) is 0 Å². The molecule has 1 atom stereocenters. The number of aliphatic hydroxyl groups is 1. The molecule has 3 aromatic rings. The molecule has 46 heavy (non-hydrogen) atoms. The van der Waals surface area contributed by atoms with Crippen molar-refractivity contribution >= 4 is 29.0 Å². The second-order valence-corrected chi connectivity index (χ2v) is 12.7. The van der Waals surface area contributed by atoms with Gasteiger partial charge in [0, 0.05) is 70.1 Å². The minimum atomic E-state index is -0.709. The fourth-order valence-corrected chi connectivity index (χ4v) is 7.20. The second-order valence-electron chi connectivity index (χ2n) is 12.7. The van der Waals surface area contributed by atoms with E-state index >= 15 is 0 Å². The summed E-state index contributed by atoms with van der Waals surface area (Å²) in [6.07, 6.45) is 4.60. The summed E-state index contributed by atoms with van der Waals surface area (Å²) in [5, 5.41) is 17.7. The van der Waals surface area contributed by atoms with Gasteiger partial charge in [0.25, 0.3) is 0 Å². The number of nitrogens with zero attached hydrogens (tertiary/aromatic N) is 6. The second kappa shape index (κ2) is 13.5. The van der Waals surface area contributed by atoms with Crippen molar-refractivity contribution in [1.82, 2.24) is 24.7 Å². The van der Waals surface area contributed by atoms with Crippen LogP contribution in [0, 0.1) is 0 Å². The van der Waals surface area contributed by atoms with Crippen LogP contribution < -0.4 is 20.3 Å². The number of fused-ring (bicyclic) bond motifs is 3. The number of hydrogen-bond donors (Lipinski definition) is 3. The van der Waals surface area contributed by atoms with Crippen LogP contribution in [0.15, 0.2) is 48.7 Å². The van der Waals surface area contributed by atoms with Crippen molar-refractivity contribution in [1.29, 1.82) is 0 Å². The number of ether oxygens (including phenoxy) is 2. The Bertz CT molecular complexity index is 1530. The van der Waals surface area contributed by atoms with Gasteiger partial charge in [0.2, 0.25) is 5.95 Å². The third-order valence-electron chi connectivity index (χ3n) is 9.89. The van der Waals surface area contributed by atoms with Gasteiger partial charge in [-0.2, -0.15) is 0 Å². The van der Waals surface area contributed by atoms with Crippen LogP contribution in [0.3, 0.4) is 0 Å². The highest BCUT2D eigenvalue weighted by atomic mass is 16.5. The molecule has 0 spiro atoms. The lowest BCUT2D eigenvalue weighted by Gasteiger charge is -2.43. The lowest BCUT2D eigenvalue weighted by Crippen LogP contribution is -2.52. The van der Waals surface area contributed by atoms with E-state index in [1.807, 2.05) is 47.4 Å². The third-order valence-corrected chi connectivity index (χ3v) is 9.89. The minimum Gasteiger partial charge on any atom is -0.495 e. The number of nitrogens with one attached hydrogen (secondary N) is 2. The molecule has 12 heteroatoms. The molecule has 2 amide bonds. The van der Waals surface area contributed by atoms with E-state index < -0.39 is 6.23 Å². The van der Waals surface area contributed by atoms with Gasteiger partial charge in [0.15, 0.2) is 0 Å². The Morgan fingerprint density at radius 1 is 1.00 bits per heavy atom. The summed E-state index contributed by atoms with van der Waals surface area (Å²) in [4.78, 5) is 31.9. The molecular weight excluding hydrogens is 584 g/mol. The SMILES string of the molecule is COc1cc(C(O)N2CCC(N3CCN(C)CC3)CC2)ccc1Nc1ncc2c(n1)-c1ccccc1N(C1CCOCC1)C(=O)N2. The maximum atomic E-state index is 13.5. The molecule has 0 aliphatic carbocycles. The van der Waals surface area contributed by atoms with Crippen LogP contribution in [0.5, 0.6) is 5.75 Å². The Morgan fingerprint density at radius 2 is 1.76 bits per heavy atom. The van der Waals surface area contributed by atoms with E-state index in [0.717, 1.165) is 81.8 Å². The zero-order valence-corrected chi connectivity index (χ0v) is 26.7. The van der Waals surface area contributed by atoms with Crippen LogP contribution in [-0.4, -0.2) is 115 Å². The quantitative estimate of drug-likeness (QED) is 0.353. The van der Waals surface area contributed by atoms with Crippen molar-refractivity contribution in [3.8, 4) is 17.0 Å². The van der Waals surface area contributed by atoms with Gasteiger partial charge < -0.3 is 30.1 Å². The number of methoxy groups -OCH3 is 1. The number of benzene rings is 2. The predicted molar refractivity (Wildman–Crippen MR) is 178 cm³/mol. The molecule has 1 aromatic heterocycles. The van der Waals surface area contributed by atoms with Gasteiger partial charge in [-0.25, -0.2) is 14.8 Å². The summed E-state index contributed by atoms with van der Waals surface area (Å²) in [6.45, 7) is 7.46. The molecule has 1 unspecified atom stereocenters. The van der Waals surface area contributed by atoms with E-state index in [9.17, 15) is 9.90 Å². The van der Waals surface area contributed by atoms with Crippen molar-refractivity contribution in [3.05, 3.63) is 54.2 Å². The van der Waals surface area contributed by atoms with Crippen molar-refractivity contribution in [2.75, 3.05) is 82.2 Å². The summed E-state index contributed by atoms with van der Waals surface area (Å²) in [5.41, 5.74) is 4.34. The predicted octanol–water partition coefficient (Wildman–Crippen LogP) is 4.13. The van der Waals surface area contributed by atoms with Crippen LogP contribution in [0.25, 0.3) is 11.3 Å². The van der Waals surface area contributed by atoms with Gasteiger partial charge in [0.1, 0.15) is 17.7 Å². The van der Waals surface area contributed by atoms with Crippen molar-refractivity contribution in [3.63, 3.8) is 0 Å². The topological polar surface area (TPSA) is 119 Å². The van der Waals surface area contributed by atoms with E-state index in [1.165, 1.54) is 0 Å². The first-order chi connectivity index (χ1) is 22.5. The highest BCUT2D eigenvalue weighted by molar-refractivity contribution is 6.09. The smallest absolute Gasteiger partial charge is 0.326 e. The highest BCUT2D eigenvalue weighted by Gasteiger charge is 2.33. The number of urea groups is 1. The Kier molecular flexibility index (Phi) is 9.05. The maximum Gasteiger partial charge on any atom is 0.326 e. The van der Waals surface area contributed by atoms with Crippen LogP contribution in [0.4, 0.5) is 27.8 Å². The number of hydrogen-bond acceptors (Lipinski definition) is 10. The summed E-state index contributed by atoms with van der Waals surface area (Å²) in [7, 11) is 3.81. The van der Waals surface area contributed by atoms with Crippen LogP contribution in [0.2, 0.25) is 0 Å². The molecule has 4 aliphatic rings. The summed E-state index contributed by atoms with van der Waals surface area (Å²) >= 11 is 0. The van der Waals surface area contributed by atoms with Crippen LogP contribution in [0.1, 0.15) is 37.5 Å². The number of anilines is 4. The lowest BCUT2D eigenvalue weighted by molar-refractivity contribution is -0.0306. The number of carbonyl (C=O) groups is 1. The Morgan fingerprint density at radius 3 is 2.52 bits per heavy atom. The molecule has 7 rings (SSSR count). The summed E-state index contributed by atoms with van der Waals surface area (Å²) in [5.74, 6) is 0.960. The number of amides is 2. The molecule has 3 N–H and O–H groups in total. The molecular formula is C34H44N8O4. The van der Waals surface area contributed by atoms with E-state index in [1.54, 1.807) is 13.3 Å². The molecule has 3 saturated heterocycles. The fraction of sp³-hybridized carbons (Fsp3) is 0.500. The van der Waals surface area contributed by atoms with Crippen molar-refractivity contribution < 1.29 is 19.4 Å². The van der Waals surface area contributed by atoms with Crippen molar-refractivity contribution in [2.24, 2.45) is 0 Å². The first-order valence-electron chi connectivity index (χ1n) is 16.4. The van der Waals surface area contributed by atoms with Gasteiger partial charge >= 0.3 is 6.03 Å². The third kappa shape index (κ3) is 6.27. The number of rotatable bonds is 7. The van der Waals surface area contributed by atoms with E-state index in [0.29, 0.717) is 48.0 Å². The Hall–Kier alpha value is -3.81. The fourth-order valence-electron chi connectivity index (χ4n) is 7.20. The van der Waals surface area contributed by atoms with E-state index in [4.69, 9.17) is 14.5 Å². The van der Waals surface area contributed by atoms with Crippen molar-refractivity contribution in [2.45, 2.75) is 44.0 Å². The molecule has 4 aliphatic heterocycles. The van der Waals surface area contributed by atoms with Gasteiger partial charge in [-0.05, 0) is 56.5 Å². The largest absolute Gasteiger partial charge is 0.495 e. The number of piperazine rings is 1. The van der Waals surface area contributed by atoms with E-state index in [2.05, 4.69) is 37.4 Å². The number of carbonyl (C=O) groups excluding carboxylic acids is 1. The molecule has 3 fully saturated rings. The zero-order valence-electron chi connectivity index (χ0n) is 26.7.